The SMILES string of the molecule is COc1ccc(-c2cccc3c2OC(C)C3)cc1. The van der Waals surface area contributed by atoms with Crippen LogP contribution >= 0.6 is 0 Å². The Morgan fingerprint density at radius 1 is 1.11 bits per heavy atom. The van der Waals surface area contributed by atoms with Crippen LogP contribution in [0, 0.1) is 0 Å². The standard InChI is InChI=1S/C16H16O2/c1-11-10-13-4-3-5-15(16(13)18-11)12-6-8-14(17-2)9-7-12/h3-9,11H,10H2,1-2H3. The molecule has 92 valence electrons. The minimum absolute atomic E-state index is 0.277. The number of hydrogen-bond acceptors (Lipinski definition) is 2. The second-order valence-electron chi connectivity index (χ2n) is 4.65. The van der Waals surface area contributed by atoms with Gasteiger partial charge in [-0.2, -0.15) is 0 Å². The fraction of sp³-hybridized carbons (Fsp3) is 0.250. The fourth-order valence-electron chi connectivity index (χ4n) is 2.44. The molecule has 1 atom stereocenters. The van der Waals surface area contributed by atoms with E-state index in [-0.39, 0.29) is 6.10 Å². The average molecular weight is 240 g/mol. The summed E-state index contributed by atoms with van der Waals surface area (Å²) in [5.41, 5.74) is 3.64. The highest BCUT2D eigenvalue weighted by Gasteiger charge is 2.22. The predicted molar refractivity (Wildman–Crippen MR) is 72.2 cm³/mol. The van der Waals surface area contributed by atoms with Crippen molar-refractivity contribution >= 4 is 0 Å². The Morgan fingerprint density at radius 3 is 2.61 bits per heavy atom. The van der Waals surface area contributed by atoms with E-state index in [0.29, 0.717) is 0 Å². The van der Waals surface area contributed by atoms with E-state index >= 15 is 0 Å². The third-order valence-corrected chi connectivity index (χ3v) is 3.32. The molecule has 1 aliphatic heterocycles. The van der Waals surface area contributed by atoms with Crippen molar-refractivity contribution < 1.29 is 9.47 Å². The molecule has 0 saturated carbocycles. The van der Waals surface area contributed by atoms with Crippen LogP contribution in [0.15, 0.2) is 42.5 Å². The van der Waals surface area contributed by atoms with Crippen LogP contribution < -0.4 is 9.47 Å². The van der Waals surface area contributed by atoms with Crippen molar-refractivity contribution in [2.75, 3.05) is 7.11 Å². The first-order valence-electron chi connectivity index (χ1n) is 6.21. The third kappa shape index (κ3) is 1.84. The van der Waals surface area contributed by atoms with E-state index in [1.807, 2.05) is 12.1 Å². The highest BCUT2D eigenvalue weighted by molar-refractivity contribution is 5.73. The zero-order valence-electron chi connectivity index (χ0n) is 10.6. The lowest BCUT2D eigenvalue weighted by molar-refractivity contribution is 0.255. The monoisotopic (exact) mass is 240 g/mol. The van der Waals surface area contributed by atoms with E-state index in [0.717, 1.165) is 17.9 Å². The van der Waals surface area contributed by atoms with Crippen LogP contribution in [-0.2, 0) is 6.42 Å². The zero-order valence-corrected chi connectivity index (χ0v) is 10.6. The van der Waals surface area contributed by atoms with Gasteiger partial charge in [0.25, 0.3) is 0 Å². The summed E-state index contributed by atoms with van der Waals surface area (Å²) in [4.78, 5) is 0. The summed E-state index contributed by atoms with van der Waals surface area (Å²) in [6, 6.07) is 14.5. The van der Waals surface area contributed by atoms with Crippen LogP contribution in [0.25, 0.3) is 11.1 Å². The fourth-order valence-corrected chi connectivity index (χ4v) is 2.44. The molecule has 3 rings (SSSR count). The van der Waals surface area contributed by atoms with Crippen molar-refractivity contribution in [1.29, 1.82) is 0 Å². The van der Waals surface area contributed by atoms with Gasteiger partial charge in [0.2, 0.25) is 0 Å². The Balaban J connectivity index is 2.04. The first-order chi connectivity index (χ1) is 8.78. The summed E-state index contributed by atoms with van der Waals surface area (Å²) in [7, 11) is 1.68. The van der Waals surface area contributed by atoms with Gasteiger partial charge < -0.3 is 9.47 Å². The molecule has 0 N–H and O–H groups in total. The molecular weight excluding hydrogens is 224 g/mol. The number of rotatable bonds is 2. The lowest BCUT2D eigenvalue weighted by atomic mass is 10.0. The largest absolute Gasteiger partial charge is 0.497 e. The molecule has 0 amide bonds. The lowest BCUT2D eigenvalue weighted by Gasteiger charge is -2.10. The summed E-state index contributed by atoms with van der Waals surface area (Å²) in [5.74, 6) is 1.91. The van der Waals surface area contributed by atoms with Crippen LogP contribution in [0.1, 0.15) is 12.5 Å². The molecule has 1 heterocycles. The summed E-state index contributed by atoms with van der Waals surface area (Å²) in [6.45, 7) is 2.11. The van der Waals surface area contributed by atoms with Crippen molar-refractivity contribution in [2.45, 2.75) is 19.4 Å². The molecule has 0 aromatic heterocycles. The highest BCUT2D eigenvalue weighted by Crippen LogP contribution is 2.38. The Bertz CT molecular complexity index is 558. The molecular formula is C16H16O2. The van der Waals surface area contributed by atoms with E-state index in [9.17, 15) is 0 Å². The molecule has 0 bridgehead atoms. The van der Waals surface area contributed by atoms with Gasteiger partial charge in [-0.1, -0.05) is 30.3 Å². The second kappa shape index (κ2) is 4.37. The lowest BCUT2D eigenvalue weighted by Crippen LogP contribution is -2.05. The molecule has 0 fully saturated rings. The first-order valence-corrected chi connectivity index (χ1v) is 6.21. The van der Waals surface area contributed by atoms with E-state index in [4.69, 9.17) is 9.47 Å². The van der Waals surface area contributed by atoms with Crippen molar-refractivity contribution in [1.82, 2.24) is 0 Å². The maximum Gasteiger partial charge on any atom is 0.130 e. The van der Waals surface area contributed by atoms with Crippen LogP contribution in [0.5, 0.6) is 11.5 Å². The number of fused-ring (bicyclic) bond motifs is 1. The Kier molecular flexibility index (Phi) is 2.71. The molecule has 2 heteroatoms. The van der Waals surface area contributed by atoms with Gasteiger partial charge in [-0.25, -0.2) is 0 Å². The van der Waals surface area contributed by atoms with Gasteiger partial charge in [0, 0.05) is 12.0 Å². The van der Waals surface area contributed by atoms with Gasteiger partial charge in [-0.05, 0) is 30.2 Å². The van der Waals surface area contributed by atoms with Crippen LogP contribution in [0.4, 0.5) is 0 Å². The minimum atomic E-state index is 0.277. The van der Waals surface area contributed by atoms with Gasteiger partial charge in [-0.15, -0.1) is 0 Å². The average Bonchev–Trinajstić information content (AvgIpc) is 2.79. The molecule has 2 aromatic carbocycles. The molecule has 0 aliphatic carbocycles. The molecule has 0 radical (unpaired) electrons. The van der Waals surface area contributed by atoms with Gasteiger partial charge in [0.05, 0.1) is 7.11 Å². The Hall–Kier alpha value is -1.96. The summed E-state index contributed by atoms with van der Waals surface area (Å²) in [6.07, 6.45) is 1.28. The number of para-hydroxylation sites is 1. The molecule has 1 unspecified atom stereocenters. The van der Waals surface area contributed by atoms with Crippen molar-refractivity contribution in [3.05, 3.63) is 48.0 Å². The zero-order chi connectivity index (χ0) is 12.5. The summed E-state index contributed by atoms with van der Waals surface area (Å²) in [5, 5.41) is 0. The van der Waals surface area contributed by atoms with Crippen molar-refractivity contribution in [3.63, 3.8) is 0 Å². The molecule has 1 aliphatic rings. The summed E-state index contributed by atoms with van der Waals surface area (Å²) < 4.78 is 11.1. The molecule has 18 heavy (non-hydrogen) atoms. The number of benzene rings is 2. The van der Waals surface area contributed by atoms with Gasteiger partial charge in [0.15, 0.2) is 0 Å². The van der Waals surface area contributed by atoms with Gasteiger partial charge in [0.1, 0.15) is 17.6 Å². The van der Waals surface area contributed by atoms with Gasteiger partial charge >= 0.3 is 0 Å². The van der Waals surface area contributed by atoms with Gasteiger partial charge in [-0.3, -0.25) is 0 Å². The minimum Gasteiger partial charge on any atom is -0.497 e. The van der Waals surface area contributed by atoms with Crippen molar-refractivity contribution in [3.8, 4) is 22.6 Å². The van der Waals surface area contributed by atoms with E-state index in [2.05, 4.69) is 37.3 Å². The normalized spacial score (nSPS) is 17.1. The van der Waals surface area contributed by atoms with E-state index in [1.165, 1.54) is 16.7 Å². The maximum atomic E-state index is 5.92. The number of methoxy groups -OCH3 is 1. The van der Waals surface area contributed by atoms with Crippen molar-refractivity contribution in [2.24, 2.45) is 0 Å². The smallest absolute Gasteiger partial charge is 0.130 e. The Labute approximate surface area is 107 Å². The molecule has 2 nitrogen and oxygen atoms in total. The maximum absolute atomic E-state index is 5.92. The predicted octanol–water partition coefficient (Wildman–Crippen LogP) is 3.69. The Morgan fingerprint density at radius 2 is 1.89 bits per heavy atom. The number of ether oxygens (including phenoxy) is 2. The molecule has 0 saturated heterocycles. The summed E-state index contributed by atoms with van der Waals surface area (Å²) >= 11 is 0. The first kappa shape index (κ1) is 11.1. The van der Waals surface area contributed by atoms with E-state index in [1.54, 1.807) is 7.11 Å². The van der Waals surface area contributed by atoms with Crippen LogP contribution in [-0.4, -0.2) is 13.2 Å². The molecule has 2 aromatic rings. The van der Waals surface area contributed by atoms with E-state index < -0.39 is 0 Å². The van der Waals surface area contributed by atoms with Crippen LogP contribution in [0.3, 0.4) is 0 Å². The molecule has 0 spiro atoms. The second-order valence-corrected chi connectivity index (χ2v) is 4.65. The highest BCUT2D eigenvalue weighted by atomic mass is 16.5. The quantitative estimate of drug-likeness (QED) is 0.797. The number of hydrogen-bond donors (Lipinski definition) is 0. The topological polar surface area (TPSA) is 18.5 Å². The third-order valence-electron chi connectivity index (χ3n) is 3.32. The van der Waals surface area contributed by atoms with Crippen LogP contribution in [0.2, 0.25) is 0 Å².